The van der Waals surface area contributed by atoms with Crippen LogP contribution in [0.5, 0.6) is 0 Å². The highest BCUT2D eigenvalue weighted by atomic mass is 35.5. The zero-order chi connectivity index (χ0) is 11.3. The monoisotopic (exact) mass is 224 g/mol. The zero-order valence-corrected chi connectivity index (χ0v) is 10.2. The maximum Gasteiger partial charge on any atom is 0.0533 e. The highest BCUT2D eigenvalue weighted by Gasteiger charge is 2.62. The molecule has 0 amide bonds. The third-order valence-corrected chi connectivity index (χ3v) is 4.15. The molecule has 1 aromatic carbocycles. The van der Waals surface area contributed by atoms with E-state index in [9.17, 15) is 5.11 Å². The maximum atomic E-state index is 9.60. The van der Waals surface area contributed by atoms with E-state index < -0.39 is 0 Å². The number of rotatable bonds is 2. The van der Waals surface area contributed by atoms with Gasteiger partial charge in [-0.15, -0.1) is 0 Å². The molecular formula is C13H17ClO. The van der Waals surface area contributed by atoms with Crippen LogP contribution in [0, 0.1) is 12.3 Å². The number of hydrogen-bond donors (Lipinski definition) is 1. The van der Waals surface area contributed by atoms with Crippen LogP contribution in [0.25, 0.3) is 0 Å². The summed E-state index contributed by atoms with van der Waals surface area (Å²) in [5, 5.41) is 10.4. The molecule has 0 heterocycles. The second-order valence-electron chi connectivity index (χ2n) is 5.28. The van der Waals surface area contributed by atoms with E-state index in [4.69, 9.17) is 11.6 Å². The van der Waals surface area contributed by atoms with E-state index >= 15 is 0 Å². The molecule has 1 saturated carbocycles. The van der Waals surface area contributed by atoms with Crippen LogP contribution in [-0.2, 0) is 5.41 Å². The standard InChI is InChI=1S/C13H17ClO/c1-9-4-5-11(14)10(6-9)13(8-15)7-12(13,2)3/h4-6,15H,7-8H2,1-3H3. The van der Waals surface area contributed by atoms with Gasteiger partial charge in [0.2, 0.25) is 0 Å². The molecular weight excluding hydrogens is 208 g/mol. The molecule has 1 unspecified atom stereocenters. The normalized spacial score (nSPS) is 27.8. The summed E-state index contributed by atoms with van der Waals surface area (Å²) < 4.78 is 0. The molecule has 2 rings (SSSR count). The van der Waals surface area contributed by atoms with Crippen molar-refractivity contribution in [3.8, 4) is 0 Å². The summed E-state index contributed by atoms with van der Waals surface area (Å²) in [5.41, 5.74) is 2.36. The average Bonchev–Trinajstić information content (AvgIpc) is 2.74. The van der Waals surface area contributed by atoms with Crippen LogP contribution in [0.3, 0.4) is 0 Å². The van der Waals surface area contributed by atoms with Crippen molar-refractivity contribution in [2.75, 3.05) is 6.61 Å². The van der Waals surface area contributed by atoms with Crippen LogP contribution in [0.1, 0.15) is 31.4 Å². The molecule has 1 atom stereocenters. The largest absolute Gasteiger partial charge is 0.395 e. The van der Waals surface area contributed by atoms with E-state index in [-0.39, 0.29) is 17.4 Å². The lowest BCUT2D eigenvalue weighted by Gasteiger charge is -2.20. The Balaban J connectivity index is 2.50. The van der Waals surface area contributed by atoms with E-state index in [1.165, 1.54) is 5.56 Å². The molecule has 0 bridgehead atoms. The SMILES string of the molecule is Cc1ccc(Cl)c(C2(CO)CC2(C)C)c1. The highest BCUT2D eigenvalue weighted by Crippen LogP contribution is 2.65. The predicted octanol–water partition coefficient (Wildman–Crippen LogP) is 3.31. The van der Waals surface area contributed by atoms with Crippen LogP contribution in [0.15, 0.2) is 18.2 Å². The van der Waals surface area contributed by atoms with Crippen LogP contribution in [0.2, 0.25) is 5.02 Å². The van der Waals surface area contributed by atoms with Crippen molar-refractivity contribution in [3.05, 3.63) is 34.3 Å². The molecule has 1 N–H and O–H groups in total. The van der Waals surface area contributed by atoms with E-state index in [0.717, 1.165) is 17.0 Å². The minimum Gasteiger partial charge on any atom is -0.395 e. The minimum atomic E-state index is -0.115. The molecule has 1 fully saturated rings. The maximum absolute atomic E-state index is 9.60. The Hall–Kier alpha value is -0.530. The molecule has 0 radical (unpaired) electrons. The van der Waals surface area contributed by atoms with E-state index in [1.54, 1.807) is 0 Å². The third-order valence-electron chi connectivity index (χ3n) is 3.82. The lowest BCUT2D eigenvalue weighted by molar-refractivity contribution is 0.231. The second kappa shape index (κ2) is 3.23. The third kappa shape index (κ3) is 1.49. The van der Waals surface area contributed by atoms with Gasteiger partial charge in [0.15, 0.2) is 0 Å². The summed E-state index contributed by atoms with van der Waals surface area (Å²) in [6.07, 6.45) is 1.01. The number of halogens is 1. The molecule has 1 nitrogen and oxygen atoms in total. The molecule has 2 heteroatoms. The first-order chi connectivity index (χ1) is 6.93. The first kappa shape index (κ1) is 11.0. The van der Waals surface area contributed by atoms with E-state index in [1.807, 2.05) is 12.1 Å². The molecule has 1 aliphatic carbocycles. The van der Waals surface area contributed by atoms with Gasteiger partial charge in [0.1, 0.15) is 0 Å². The Labute approximate surface area is 96.1 Å². The van der Waals surface area contributed by atoms with Crippen LogP contribution in [0.4, 0.5) is 0 Å². The number of aryl methyl sites for hydroxylation is 1. The van der Waals surface area contributed by atoms with Crippen molar-refractivity contribution in [3.63, 3.8) is 0 Å². The van der Waals surface area contributed by atoms with Gasteiger partial charge in [-0.1, -0.05) is 43.1 Å². The summed E-state index contributed by atoms with van der Waals surface area (Å²) in [6.45, 7) is 6.60. The summed E-state index contributed by atoms with van der Waals surface area (Å²) in [6, 6.07) is 6.04. The quantitative estimate of drug-likeness (QED) is 0.817. The Morgan fingerprint density at radius 3 is 2.47 bits per heavy atom. The number of hydrogen-bond acceptors (Lipinski definition) is 1. The molecule has 82 valence electrons. The van der Waals surface area contributed by atoms with Gasteiger partial charge < -0.3 is 5.11 Å². The van der Waals surface area contributed by atoms with E-state index in [2.05, 4.69) is 26.8 Å². The molecule has 0 saturated heterocycles. The number of benzene rings is 1. The van der Waals surface area contributed by atoms with Gasteiger partial charge in [-0.25, -0.2) is 0 Å². The fraction of sp³-hybridized carbons (Fsp3) is 0.538. The molecule has 0 aromatic heterocycles. The first-order valence-electron chi connectivity index (χ1n) is 5.30. The highest BCUT2D eigenvalue weighted by molar-refractivity contribution is 6.31. The van der Waals surface area contributed by atoms with Crippen molar-refractivity contribution >= 4 is 11.6 Å². The Morgan fingerprint density at radius 2 is 2.00 bits per heavy atom. The first-order valence-corrected chi connectivity index (χ1v) is 5.68. The van der Waals surface area contributed by atoms with Crippen LogP contribution in [-0.4, -0.2) is 11.7 Å². The van der Waals surface area contributed by atoms with Gasteiger partial charge in [0, 0.05) is 10.4 Å². The molecule has 0 spiro atoms. The van der Waals surface area contributed by atoms with Crippen LogP contribution < -0.4 is 0 Å². The zero-order valence-electron chi connectivity index (χ0n) is 9.47. The van der Waals surface area contributed by atoms with Crippen molar-refractivity contribution in [1.29, 1.82) is 0 Å². The van der Waals surface area contributed by atoms with Crippen molar-refractivity contribution in [1.82, 2.24) is 0 Å². The van der Waals surface area contributed by atoms with Gasteiger partial charge in [0.05, 0.1) is 6.61 Å². The molecule has 1 aromatic rings. The summed E-state index contributed by atoms with van der Waals surface area (Å²) in [4.78, 5) is 0. The lowest BCUT2D eigenvalue weighted by Crippen LogP contribution is -2.19. The number of aliphatic hydroxyl groups is 1. The molecule has 15 heavy (non-hydrogen) atoms. The van der Waals surface area contributed by atoms with Crippen molar-refractivity contribution in [2.45, 2.75) is 32.6 Å². The summed E-state index contributed by atoms with van der Waals surface area (Å²) in [5.74, 6) is 0. The van der Waals surface area contributed by atoms with E-state index in [0.29, 0.717) is 0 Å². The van der Waals surface area contributed by atoms with Gasteiger partial charge in [0.25, 0.3) is 0 Å². The Kier molecular flexibility index (Phi) is 2.36. The number of aliphatic hydroxyl groups excluding tert-OH is 1. The Morgan fingerprint density at radius 1 is 1.40 bits per heavy atom. The minimum absolute atomic E-state index is 0.115. The topological polar surface area (TPSA) is 20.2 Å². The fourth-order valence-electron chi connectivity index (χ4n) is 2.53. The second-order valence-corrected chi connectivity index (χ2v) is 5.69. The van der Waals surface area contributed by atoms with Crippen molar-refractivity contribution in [2.24, 2.45) is 5.41 Å². The van der Waals surface area contributed by atoms with Gasteiger partial charge in [-0.05, 0) is 30.4 Å². The average molecular weight is 225 g/mol. The lowest BCUT2D eigenvalue weighted by atomic mass is 9.88. The van der Waals surface area contributed by atoms with Crippen LogP contribution >= 0.6 is 11.6 Å². The summed E-state index contributed by atoms with van der Waals surface area (Å²) >= 11 is 6.22. The smallest absolute Gasteiger partial charge is 0.0533 e. The molecule has 0 aliphatic heterocycles. The fourth-order valence-corrected chi connectivity index (χ4v) is 2.83. The van der Waals surface area contributed by atoms with Gasteiger partial charge in [-0.3, -0.25) is 0 Å². The van der Waals surface area contributed by atoms with Gasteiger partial charge in [-0.2, -0.15) is 0 Å². The predicted molar refractivity (Wildman–Crippen MR) is 63.4 cm³/mol. The Bertz CT molecular complexity index is 398. The molecule has 1 aliphatic rings. The summed E-state index contributed by atoms with van der Waals surface area (Å²) in [7, 11) is 0. The van der Waals surface area contributed by atoms with Gasteiger partial charge >= 0.3 is 0 Å². The van der Waals surface area contributed by atoms with Crippen molar-refractivity contribution < 1.29 is 5.11 Å².